The van der Waals surface area contributed by atoms with Gasteiger partial charge in [0.15, 0.2) is 5.13 Å². The van der Waals surface area contributed by atoms with Crippen molar-refractivity contribution < 1.29 is 9.53 Å². The summed E-state index contributed by atoms with van der Waals surface area (Å²) in [7, 11) is 1.66. The monoisotopic (exact) mass is 528 g/mol. The highest BCUT2D eigenvalue weighted by Gasteiger charge is 2.21. The highest BCUT2D eigenvalue weighted by molar-refractivity contribution is 7.99. The van der Waals surface area contributed by atoms with Gasteiger partial charge in [-0.1, -0.05) is 22.9 Å². The maximum absolute atomic E-state index is 13.4. The van der Waals surface area contributed by atoms with Gasteiger partial charge in [0, 0.05) is 28.6 Å². The van der Waals surface area contributed by atoms with Gasteiger partial charge < -0.3 is 4.74 Å². The molecule has 0 radical (unpaired) electrons. The van der Waals surface area contributed by atoms with Crippen molar-refractivity contribution in [1.29, 1.82) is 0 Å². The quantitative estimate of drug-likeness (QED) is 0.169. The van der Waals surface area contributed by atoms with E-state index in [1.807, 2.05) is 72.8 Å². The third-order valence-electron chi connectivity index (χ3n) is 5.77. The number of rotatable bonds is 10. The van der Waals surface area contributed by atoms with Gasteiger partial charge in [0.25, 0.3) is 0 Å². The van der Waals surface area contributed by atoms with Crippen molar-refractivity contribution in [3.8, 4) is 5.75 Å². The largest absolute Gasteiger partial charge is 0.497 e. The van der Waals surface area contributed by atoms with Crippen molar-refractivity contribution in [3.63, 3.8) is 0 Å². The van der Waals surface area contributed by atoms with Gasteiger partial charge in [0.1, 0.15) is 5.75 Å². The molecule has 35 heavy (non-hydrogen) atoms. The van der Waals surface area contributed by atoms with E-state index in [1.165, 1.54) is 11.3 Å². The van der Waals surface area contributed by atoms with Crippen LogP contribution in [-0.2, 0) is 11.3 Å². The molecule has 1 amide bonds. The average molecular weight is 529 g/mol. The van der Waals surface area contributed by atoms with Crippen LogP contribution >= 0.6 is 34.7 Å². The normalized spacial score (nSPS) is 11.2. The molecule has 0 aliphatic carbocycles. The molecule has 0 N–H and O–H groups in total. The number of thiazole rings is 1. The Bertz CT molecular complexity index is 1320. The molecule has 2 aromatic heterocycles. The van der Waals surface area contributed by atoms with Crippen LogP contribution in [0.15, 0.2) is 47.4 Å². The summed E-state index contributed by atoms with van der Waals surface area (Å²) in [5.41, 5.74) is 3.85. The predicted octanol–water partition coefficient (Wildman–Crippen LogP) is 6.69. The van der Waals surface area contributed by atoms with Crippen molar-refractivity contribution in [2.75, 3.05) is 24.3 Å². The van der Waals surface area contributed by atoms with Crippen molar-refractivity contribution in [2.24, 2.45) is 0 Å². The molecule has 4 rings (SSSR count). The lowest BCUT2D eigenvalue weighted by Gasteiger charge is -2.20. The molecule has 0 saturated heterocycles. The van der Waals surface area contributed by atoms with Crippen LogP contribution in [-0.4, -0.2) is 40.1 Å². The van der Waals surface area contributed by atoms with Crippen LogP contribution < -0.4 is 9.64 Å². The zero-order valence-electron chi connectivity index (χ0n) is 20.4. The minimum absolute atomic E-state index is 0.0738. The van der Waals surface area contributed by atoms with Gasteiger partial charge in [-0.25, -0.2) is 4.98 Å². The number of carbonyl (C=O) groups is 1. The molecule has 0 bridgehead atoms. The van der Waals surface area contributed by atoms with Gasteiger partial charge in [-0.3, -0.25) is 14.4 Å². The van der Waals surface area contributed by atoms with Crippen molar-refractivity contribution >= 4 is 56.0 Å². The van der Waals surface area contributed by atoms with Crippen LogP contribution in [0.3, 0.4) is 0 Å². The van der Waals surface area contributed by atoms with E-state index < -0.39 is 0 Å². The van der Waals surface area contributed by atoms with Crippen LogP contribution in [0, 0.1) is 20.8 Å². The Morgan fingerprint density at radius 3 is 2.63 bits per heavy atom. The topological polar surface area (TPSA) is 60.2 Å². The minimum atomic E-state index is 0.0738. The smallest absolute Gasteiger partial charge is 0.228 e. The summed E-state index contributed by atoms with van der Waals surface area (Å²) in [6.07, 6.45) is 1.23. The Hall–Kier alpha value is -2.55. The number of amides is 1. The standard InChI is InChI=1S/C26H29ClN4O2S2/c1-17-16-18(2)31(29-17)14-13-30(26-28-25-19(3)22(27)11-12-23(25)35-26)24(32)6-5-15-34-21-9-7-20(33-4)8-10-21/h7-12,16H,5-6,13-15H2,1-4H3. The van der Waals surface area contributed by atoms with Gasteiger partial charge >= 0.3 is 0 Å². The zero-order valence-corrected chi connectivity index (χ0v) is 22.8. The first-order valence-electron chi connectivity index (χ1n) is 11.5. The number of hydrogen-bond donors (Lipinski definition) is 0. The molecule has 0 atom stereocenters. The zero-order chi connectivity index (χ0) is 24.9. The molecular formula is C26H29ClN4O2S2. The van der Waals surface area contributed by atoms with Gasteiger partial charge in [-0.2, -0.15) is 5.10 Å². The van der Waals surface area contributed by atoms with Crippen LogP contribution in [0.25, 0.3) is 10.2 Å². The predicted molar refractivity (Wildman–Crippen MR) is 146 cm³/mol. The highest BCUT2D eigenvalue weighted by Crippen LogP contribution is 2.34. The van der Waals surface area contributed by atoms with E-state index in [-0.39, 0.29) is 5.91 Å². The second kappa shape index (κ2) is 11.5. The first-order valence-corrected chi connectivity index (χ1v) is 13.7. The molecule has 0 fully saturated rings. The third kappa shape index (κ3) is 6.18. The molecule has 0 spiro atoms. The van der Waals surface area contributed by atoms with E-state index in [1.54, 1.807) is 18.9 Å². The van der Waals surface area contributed by atoms with E-state index >= 15 is 0 Å². The SMILES string of the molecule is COc1ccc(SCCCC(=O)N(CCn2nc(C)cc2C)c2nc3c(C)c(Cl)ccc3s2)cc1. The molecular weight excluding hydrogens is 500 g/mol. The number of hydrogen-bond acceptors (Lipinski definition) is 6. The maximum Gasteiger partial charge on any atom is 0.228 e. The second-order valence-electron chi connectivity index (χ2n) is 8.34. The average Bonchev–Trinajstić information content (AvgIpc) is 3.42. The summed E-state index contributed by atoms with van der Waals surface area (Å²) in [5.74, 6) is 1.78. The van der Waals surface area contributed by atoms with Crippen molar-refractivity contribution in [3.05, 3.63) is 64.4 Å². The van der Waals surface area contributed by atoms with Crippen LogP contribution in [0.1, 0.15) is 29.8 Å². The summed E-state index contributed by atoms with van der Waals surface area (Å²) >= 11 is 9.59. The van der Waals surface area contributed by atoms with Crippen LogP contribution in [0.5, 0.6) is 5.75 Å². The highest BCUT2D eigenvalue weighted by atomic mass is 35.5. The Labute approximate surface area is 219 Å². The Balaban J connectivity index is 1.46. The number of aromatic nitrogens is 3. The number of fused-ring (bicyclic) bond motifs is 1. The Kier molecular flexibility index (Phi) is 8.36. The first-order chi connectivity index (χ1) is 16.9. The van der Waals surface area contributed by atoms with Gasteiger partial charge in [-0.15, -0.1) is 11.8 Å². The van der Waals surface area contributed by atoms with E-state index in [0.717, 1.165) is 50.0 Å². The molecule has 184 valence electrons. The lowest BCUT2D eigenvalue weighted by Crippen LogP contribution is -2.34. The number of carbonyl (C=O) groups excluding carboxylic acids is 1. The van der Waals surface area contributed by atoms with Crippen molar-refractivity contribution in [1.82, 2.24) is 14.8 Å². The fourth-order valence-corrected chi connectivity index (χ4v) is 5.92. The lowest BCUT2D eigenvalue weighted by molar-refractivity contribution is -0.118. The van der Waals surface area contributed by atoms with Gasteiger partial charge in [0.05, 0.1) is 29.6 Å². The van der Waals surface area contributed by atoms with Crippen molar-refractivity contribution in [2.45, 2.75) is 45.1 Å². The third-order valence-corrected chi connectivity index (χ3v) is 8.32. The Morgan fingerprint density at radius 2 is 1.94 bits per heavy atom. The fourth-order valence-electron chi connectivity index (χ4n) is 3.85. The number of ether oxygens (including phenoxy) is 1. The number of methoxy groups -OCH3 is 1. The molecule has 0 aliphatic rings. The summed E-state index contributed by atoms with van der Waals surface area (Å²) in [6, 6.07) is 13.9. The molecule has 0 saturated carbocycles. The number of anilines is 1. The van der Waals surface area contributed by atoms with E-state index in [4.69, 9.17) is 21.3 Å². The number of benzene rings is 2. The molecule has 0 unspecified atom stereocenters. The number of thioether (sulfide) groups is 1. The molecule has 6 nitrogen and oxygen atoms in total. The number of aryl methyl sites for hydroxylation is 3. The maximum atomic E-state index is 13.4. The molecule has 9 heteroatoms. The van der Waals surface area contributed by atoms with E-state index in [2.05, 4.69) is 5.10 Å². The first kappa shape index (κ1) is 25.5. The molecule has 2 heterocycles. The summed E-state index contributed by atoms with van der Waals surface area (Å²) in [4.78, 5) is 21.2. The fraction of sp³-hybridized carbons (Fsp3) is 0.346. The summed E-state index contributed by atoms with van der Waals surface area (Å²) < 4.78 is 8.19. The minimum Gasteiger partial charge on any atom is -0.497 e. The summed E-state index contributed by atoms with van der Waals surface area (Å²) in [5, 5.41) is 5.95. The van der Waals surface area contributed by atoms with E-state index in [9.17, 15) is 4.79 Å². The second-order valence-corrected chi connectivity index (χ2v) is 10.9. The molecule has 2 aromatic carbocycles. The van der Waals surface area contributed by atoms with E-state index in [0.29, 0.717) is 29.7 Å². The number of nitrogens with zero attached hydrogens (tertiary/aromatic N) is 4. The van der Waals surface area contributed by atoms with Crippen LogP contribution in [0.2, 0.25) is 5.02 Å². The molecule has 4 aromatic rings. The summed E-state index contributed by atoms with van der Waals surface area (Å²) in [6.45, 7) is 7.10. The number of halogens is 1. The molecule has 0 aliphatic heterocycles. The van der Waals surface area contributed by atoms with Gasteiger partial charge in [0.2, 0.25) is 5.91 Å². The lowest BCUT2D eigenvalue weighted by atomic mass is 10.2. The van der Waals surface area contributed by atoms with Crippen LogP contribution in [0.4, 0.5) is 5.13 Å². The van der Waals surface area contributed by atoms with Gasteiger partial charge in [-0.05, 0) is 81.0 Å². The Morgan fingerprint density at radius 1 is 1.17 bits per heavy atom.